The van der Waals surface area contributed by atoms with Crippen molar-refractivity contribution in [1.29, 1.82) is 0 Å². The molecular weight excluding hydrogens is 298 g/mol. The van der Waals surface area contributed by atoms with E-state index in [1.165, 1.54) is 0 Å². The zero-order chi connectivity index (χ0) is 11.0. The average molecular weight is 311 g/mol. The van der Waals surface area contributed by atoms with Gasteiger partial charge in [0, 0.05) is 23.4 Å². The third-order valence-corrected chi connectivity index (χ3v) is 5.46. The highest BCUT2D eigenvalue weighted by molar-refractivity contribution is 9.11. The summed E-state index contributed by atoms with van der Waals surface area (Å²) in [7, 11) is 0. The van der Waals surface area contributed by atoms with Crippen LogP contribution >= 0.6 is 38.9 Å². The van der Waals surface area contributed by atoms with Crippen molar-refractivity contribution in [3.63, 3.8) is 0 Å². The number of rotatable bonds is 2. The quantitative estimate of drug-likeness (QED) is 0.906. The van der Waals surface area contributed by atoms with Crippen molar-refractivity contribution in [2.24, 2.45) is 11.7 Å². The average Bonchev–Trinajstić information content (AvgIpc) is 2.74. The highest BCUT2D eigenvalue weighted by atomic mass is 79.9. The summed E-state index contributed by atoms with van der Waals surface area (Å²) >= 11 is 11.0. The van der Waals surface area contributed by atoms with Crippen molar-refractivity contribution in [3.05, 3.63) is 19.8 Å². The molecular formula is C10H13BrClNOS. The number of hydrogen-bond donors (Lipinski definition) is 1. The molecule has 0 aliphatic carbocycles. The van der Waals surface area contributed by atoms with Gasteiger partial charge in [-0.05, 0) is 35.3 Å². The van der Waals surface area contributed by atoms with Crippen molar-refractivity contribution >= 4 is 38.9 Å². The first-order valence-corrected chi connectivity index (χ1v) is 6.90. The van der Waals surface area contributed by atoms with E-state index in [1.54, 1.807) is 11.3 Å². The van der Waals surface area contributed by atoms with Gasteiger partial charge in [-0.2, -0.15) is 0 Å². The molecule has 0 saturated carbocycles. The molecule has 2 heterocycles. The lowest BCUT2D eigenvalue weighted by atomic mass is 9.93. The van der Waals surface area contributed by atoms with E-state index in [2.05, 4.69) is 22.9 Å². The van der Waals surface area contributed by atoms with Gasteiger partial charge in [0.25, 0.3) is 0 Å². The van der Waals surface area contributed by atoms with Gasteiger partial charge in [0.2, 0.25) is 0 Å². The van der Waals surface area contributed by atoms with E-state index in [0.717, 1.165) is 26.7 Å². The first-order chi connectivity index (χ1) is 7.09. The molecule has 0 radical (unpaired) electrons. The lowest BCUT2D eigenvalue weighted by molar-refractivity contribution is 0.0998. The largest absolute Gasteiger partial charge is 0.378 e. The molecule has 2 rings (SSSR count). The molecule has 0 bridgehead atoms. The number of halogens is 2. The van der Waals surface area contributed by atoms with E-state index in [1.807, 2.05) is 6.07 Å². The van der Waals surface area contributed by atoms with E-state index >= 15 is 0 Å². The Balaban J connectivity index is 2.16. The second-order valence-corrected chi connectivity index (χ2v) is 6.63. The summed E-state index contributed by atoms with van der Waals surface area (Å²) in [6.45, 7) is 2.90. The maximum absolute atomic E-state index is 6.22. The van der Waals surface area contributed by atoms with Crippen LogP contribution in [-0.2, 0) is 4.74 Å². The van der Waals surface area contributed by atoms with Crippen molar-refractivity contribution in [2.75, 3.05) is 6.61 Å². The van der Waals surface area contributed by atoms with E-state index in [-0.39, 0.29) is 12.1 Å². The molecule has 1 aliphatic heterocycles. The summed E-state index contributed by atoms with van der Waals surface area (Å²) in [5.74, 6) is 0.409. The fourth-order valence-electron chi connectivity index (χ4n) is 1.96. The highest BCUT2D eigenvalue weighted by Gasteiger charge is 2.31. The molecule has 1 saturated heterocycles. The Morgan fingerprint density at radius 3 is 2.93 bits per heavy atom. The van der Waals surface area contributed by atoms with Crippen LogP contribution in [0.4, 0.5) is 0 Å². The van der Waals surface area contributed by atoms with Gasteiger partial charge in [0.15, 0.2) is 0 Å². The standard InChI is InChI=1S/C10H13BrClNOS/c1-5-6(2-3-14-5)9(13)8-4-7(12)10(11)15-8/h4-6,9H,2-3,13H2,1H3. The minimum absolute atomic E-state index is 0.0382. The Morgan fingerprint density at radius 1 is 1.73 bits per heavy atom. The van der Waals surface area contributed by atoms with Gasteiger partial charge in [-0.15, -0.1) is 11.3 Å². The molecule has 2 N–H and O–H groups in total. The second-order valence-electron chi connectivity index (χ2n) is 3.82. The van der Waals surface area contributed by atoms with E-state index in [4.69, 9.17) is 22.1 Å². The maximum Gasteiger partial charge on any atom is 0.0887 e. The van der Waals surface area contributed by atoms with Gasteiger partial charge in [-0.1, -0.05) is 11.6 Å². The number of ether oxygens (including phenoxy) is 1. The van der Waals surface area contributed by atoms with Crippen LogP contribution in [0.15, 0.2) is 9.85 Å². The van der Waals surface area contributed by atoms with E-state index in [0.29, 0.717) is 5.92 Å². The molecule has 1 aromatic heterocycles. The number of nitrogens with two attached hydrogens (primary N) is 1. The maximum atomic E-state index is 6.22. The molecule has 0 aromatic carbocycles. The molecule has 0 spiro atoms. The minimum Gasteiger partial charge on any atom is -0.378 e. The first kappa shape index (κ1) is 11.9. The first-order valence-electron chi connectivity index (χ1n) is 4.91. The Kier molecular flexibility index (Phi) is 3.73. The molecule has 2 nitrogen and oxygen atoms in total. The van der Waals surface area contributed by atoms with Gasteiger partial charge in [-0.3, -0.25) is 0 Å². The number of thiophene rings is 1. The van der Waals surface area contributed by atoms with Gasteiger partial charge < -0.3 is 10.5 Å². The second kappa shape index (κ2) is 4.72. The fraction of sp³-hybridized carbons (Fsp3) is 0.600. The van der Waals surface area contributed by atoms with Crippen molar-refractivity contribution in [3.8, 4) is 0 Å². The SMILES string of the molecule is CC1OCCC1C(N)c1cc(Cl)c(Br)s1. The molecule has 5 heteroatoms. The van der Waals surface area contributed by atoms with Crippen molar-refractivity contribution in [2.45, 2.75) is 25.5 Å². The fourth-order valence-corrected chi connectivity index (χ4v) is 3.78. The normalized spacial score (nSPS) is 28.3. The predicted octanol–water partition coefficient (Wildman–Crippen LogP) is 3.59. The van der Waals surface area contributed by atoms with Crippen LogP contribution in [0.5, 0.6) is 0 Å². The topological polar surface area (TPSA) is 35.2 Å². The molecule has 1 aromatic rings. The predicted molar refractivity (Wildman–Crippen MR) is 67.5 cm³/mol. The highest BCUT2D eigenvalue weighted by Crippen LogP contribution is 2.39. The lowest BCUT2D eigenvalue weighted by Gasteiger charge is -2.20. The van der Waals surface area contributed by atoms with Crippen molar-refractivity contribution in [1.82, 2.24) is 0 Å². The van der Waals surface area contributed by atoms with E-state index in [9.17, 15) is 0 Å². The van der Waals surface area contributed by atoms with Crippen LogP contribution in [0.25, 0.3) is 0 Å². The summed E-state index contributed by atoms with van der Waals surface area (Å²) in [5.41, 5.74) is 6.22. The Labute approximate surface area is 107 Å². The molecule has 15 heavy (non-hydrogen) atoms. The van der Waals surface area contributed by atoms with Crippen LogP contribution in [0, 0.1) is 5.92 Å². The zero-order valence-corrected chi connectivity index (χ0v) is 11.5. The van der Waals surface area contributed by atoms with Gasteiger partial charge >= 0.3 is 0 Å². The molecule has 1 fully saturated rings. The van der Waals surface area contributed by atoms with Crippen LogP contribution < -0.4 is 5.73 Å². The molecule has 3 atom stereocenters. The van der Waals surface area contributed by atoms with Crippen LogP contribution in [0.3, 0.4) is 0 Å². The smallest absolute Gasteiger partial charge is 0.0887 e. The summed E-state index contributed by atoms with van der Waals surface area (Å²) in [5, 5.41) is 0.747. The molecule has 1 aliphatic rings. The van der Waals surface area contributed by atoms with Crippen LogP contribution in [0.2, 0.25) is 5.02 Å². The summed E-state index contributed by atoms with van der Waals surface area (Å²) in [4.78, 5) is 1.13. The Bertz CT molecular complexity index is 338. The lowest BCUT2D eigenvalue weighted by Crippen LogP contribution is -2.25. The monoisotopic (exact) mass is 309 g/mol. The minimum atomic E-state index is 0.0382. The van der Waals surface area contributed by atoms with E-state index < -0.39 is 0 Å². The summed E-state index contributed by atoms with van der Waals surface area (Å²) in [6.07, 6.45) is 1.29. The Hall–Kier alpha value is 0.390. The van der Waals surface area contributed by atoms with Crippen LogP contribution in [0.1, 0.15) is 24.3 Å². The van der Waals surface area contributed by atoms with Gasteiger partial charge in [0.1, 0.15) is 0 Å². The Morgan fingerprint density at radius 2 is 2.47 bits per heavy atom. The van der Waals surface area contributed by atoms with Gasteiger partial charge in [-0.25, -0.2) is 0 Å². The van der Waals surface area contributed by atoms with Crippen LogP contribution in [-0.4, -0.2) is 12.7 Å². The molecule has 3 unspecified atom stereocenters. The van der Waals surface area contributed by atoms with Crippen molar-refractivity contribution < 1.29 is 4.74 Å². The molecule has 0 amide bonds. The zero-order valence-electron chi connectivity index (χ0n) is 8.37. The third kappa shape index (κ3) is 2.39. The summed E-state index contributed by atoms with van der Waals surface area (Å²) in [6, 6.07) is 1.99. The number of hydrogen-bond acceptors (Lipinski definition) is 3. The van der Waals surface area contributed by atoms with Gasteiger partial charge in [0.05, 0.1) is 14.9 Å². The summed E-state index contributed by atoms with van der Waals surface area (Å²) < 4.78 is 6.48. The molecule has 84 valence electrons. The third-order valence-electron chi connectivity index (χ3n) is 2.89.